The molecule has 0 spiro atoms. The maximum atomic E-state index is 5.91. The number of hydrogen-bond acceptors (Lipinski definition) is 7. The van der Waals surface area contributed by atoms with Gasteiger partial charge in [0.1, 0.15) is 0 Å². The predicted octanol–water partition coefficient (Wildman–Crippen LogP) is 11.7. The predicted molar refractivity (Wildman–Crippen MR) is 213 cm³/mol. The van der Waals surface area contributed by atoms with Gasteiger partial charge in [0.2, 0.25) is 0 Å². The second kappa shape index (κ2) is 9.48. The van der Waals surface area contributed by atoms with E-state index < -0.39 is 0 Å². The third-order valence-corrected chi connectivity index (χ3v) is 15.6. The molecule has 4 aliphatic rings. The summed E-state index contributed by atoms with van der Waals surface area (Å²) in [7, 11) is 0. The van der Waals surface area contributed by atoms with Crippen molar-refractivity contribution in [2.75, 3.05) is 0 Å². The van der Waals surface area contributed by atoms with Crippen LogP contribution in [0.3, 0.4) is 0 Å². The molecule has 4 aliphatic carbocycles. The SMILES string of the molecule is CC1(C)C(C=C2C(=S)c3ccccc3C2=S)=Cc2sc3c(sc4c5c(sc43)C=C(C=C3C(=S)c4ccccc4C3=S)C5(C)C)c21. The number of thiocarbonyl (C=S) groups is 4. The fourth-order valence-electron chi connectivity index (χ4n) is 7.34. The van der Waals surface area contributed by atoms with Gasteiger partial charge in [-0.05, 0) is 46.6 Å². The Morgan fingerprint density at radius 2 is 0.822 bits per heavy atom. The molecule has 0 aliphatic heterocycles. The summed E-state index contributed by atoms with van der Waals surface area (Å²) in [5, 5.41) is 0. The van der Waals surface area contributed by atoms with Crippen LogP contribution in [0.15, 0.2) is 83.0 Å². The Bertz CT molecular complexity index is 2190. The molecule has 9 rings (SSSR count). The van der Waals surface area contributed by atoms with Crippen LogP contribution in [0.5, 0.6) is 0 Å². The third kappa shape index (κ3) is 3.72. The van der Waals surface area contributed by atoms with E-state index in [1.807, 2.05) is 58.3 Å². The lowest BCUT2D eigenvalue weighted by Crippen LogP contribution is -2.17. The molecule has 218 valence electrons. The van der Waals surface area contributed by atoms with Crippen LogP contribution < -0.4 is 0 Å². The molecule has 45 heavy (non-hydrogen) atoms. The Labute approximate surface area is 295 Å². The first-order valence-electron chi connectivity index (χ1n) is 14.8. The van der Waals surface area contributed by atoms with E-state index in [1.54, 1.807) is 0 Å². The molecule has 7 heteroatoms. The summed E-state index contributed by atoms with van der Waals surface area (Å²) in [6, 6.07) is 16.5. The summed E-state index contributed by atoms with van der Waals surface area (Å²) in [5.41, 5.74) is 11.5. The number of fused-ring (bicyclic) bond motifs is 9. The first kappa shape index (κ1) is 28.6. The van der Waals surface area contributed by atoms with Gasteiger partial charge >= 0.3 is 0 Å². The lowest BCUT2D eigenvalue weighted by Gasteiger charge is -2.23. The molecule has 0 radical (unpaired) electrons. The second-order valence-electron chi connectivity index (χ2n) is 13.1. The maximum absolute atomic E-state index is 5.91. The highest BCUT2D eigenvalue weighted by Gasteiger charge is 2.41. The Kier molecular flexibility index (Phi) is 6.02. The van der Waals surface area contributed by atoms with Gasteiger partial charge in [-0.3, -0.25) is 0 Å². The van der Waals surface area contributed by atoms with E-state index in [0.29, 0.717) is 0 Å². The van der Waals surface area contributed by atoms with Crippen LogP contribution in [0.25, 0.3) is 31.0 Å². The minimum atomic E-state index is -0.150. The number of hydrogen-bond donors (Lipinski definition) is 0. The Balaban J connectivity index is 1.12. The van der Waals surface area contributed by atoms with Crippen molar-refractivity contribution < 1.29 is 0 Å². The standard InChI is InChI=1S/C38H24S7/c1-37(2)17(13-23-29(39)19-9-5-6-10-20(19)30(23)40)15-25-27(37)33-35(43-25)36-34(45-33)28-26(44-36)16-18(38(28,3)4)14-24-31(41)21-11-7-8-12-22(21)32(24)42/h5-16H,1-4H3. The van der Waals surface area contributed by atoms with Crippen molar-refractivity contribution >= 4 is 133 Å². The van der Waals surface area contributed by atoms with Crippen LogP contribution in [-0.2, 0) is 10.8 Å². The minimum absolute atomic E-state index is 0.150. The Morgan fingerprint density at radius 3 is 1.16 bits per heavy atom. The molecule has 0 saturated carbocycles. The third-order valence-electron chi connectivity index (χ3n) is 9.87. The highest BCUT2D eigenvalue weighted by atomic mass is 32.1. The van der Waals surface area contributed by atoms with Crippen molar-refractivity contribution in [2.24, 2.45) is 0 Å². The van der Waals surface area contributed by atoms with E-state index in [1.165, 1.54) is 50.8 Å². The Hall–Kier alpha value is -2.62. The summed E-state index contributed by atoms with van der Waals surface area (Å²) < 4.78 is 5.69. The summed E-state index contributed by atoms with van der Waals surface area (Å²) >= 11 is 29.5. The summed E-state index contributed by atoms with van der Waals surface area (Å²) in [6.45, 7) is 9.39. The molecule has 0 fully saturated rings. The molecule has 0 amide bonds. The smallest absolute Gasteiger partial charge is 0.0639 e. The zero-order valence-corrected chi connectivity index (χ0v) is 30.5. The number of benzene rings is 2. The van der Waals surface area contributed by atoms with Crippen molar-refractivity contribution in [3.8, 4) is 0 Å². The highest BCUT2D eigenvalue weighted by molar-refractivity contribution is 7.84. The minimum Gasteiger partial charge on any atom is -0.133 e. The number of rotatable bonds is 2. The first-order valence-corrected chi connectivity index (χ1v) is 18.8. The largest absolute Gasteiger partial charge is 0.133 e. The average Bonchev–Trinajstić information content (AvgIpc) is 3.83. The topological polar surface area (TPSA) is 0 Å². The lowest BCUT2D eigenvalue weighted by molar-refractivity contribution is 0.663. The molecule has 2 aromatic carbocycles. The van der Waals surface area contributed by atoms with Gasteiger partial charge in [0.25, 0.3) is 0 Å². The van der Waals surface area contributed by atoms with Crippen molar-refractivity contribution in [3.05, 3.63) is 126 Å². The lowest BCUT2D eigenvalue weighted by atomic mass is 9.81. The van der Waals surface area contributed by atoms with Gasteiger partial charge in [-0.1, -0.05) is 125 Å². The molecule has 0 unspecified atom stereocenters. The number of allylic oxidation sites excluding steroid dienone is 6. The van der Waals surface area contributed by atoms with Crippen LogP contribution in [0.2, 0.25) is 0 Å². The summed E-state index contributed by atoms with van der Waals surface area (Å²) in [5.74, 6) is 0. The van der Waals surface area contributed by atoms with Crippen LogP contribution >= 0.6 is 82.9 Å². The van der Waals surface area contributed by atoms with E-state index in [-0.39, 0.29) is 10.8 Å². The van der Waals surface area contributed by atoms with Crippen molar-refractivity contribution in [2.45, 2.75) is 38.5 Å². The molecule has 3 heterocycles. The van der Waals surface area contributed by atoms with Crippen LogP contribution in [0.1, 0.15) is 70.8 Å². The van der Waals surface area contributed by atoms with Crippen LogP contribution in [-0.4, -0.2) is 19.5 Å². The van der Waals surface area contributed by atoms with Gasteiger partial charge in [-0.25, -0.2) is 0 Å². The molecule has 3 aromatic heterocycles. The molecule has 0 nitrogen and oxygen atoms in total. The molecule has 5 aromatic rings. The fourth-order valence-corrected chi connectivity index (χ4v) is 13.9. The van der Waals surface area contributed by atoms with E-state index in [2.05, 4.69) is 76.3 Å². The molecule has 0 atom stereocenters. The molecular weight excluding hydrogens is 681 g/mol. The zero-order valence-electron chi connectivity index (χ0n) is 24.8. The fraction of sp³-hybridized carbons (Fsp3) is 0.158. The van der Waals surface area contributed by atoms with Gasteiger partial charge in [-0.2, -0.15) is 0 Å². The van der Waals surface area contributed by atoms with Crippen molar-refractivity contribution in [1.82, 2.24) is 0 Å². The second-order valence-corrected chi connectivity index (χ2v) is 17.8. The van der Waals surface area contributed by atoms with Gasteiger partial charge in [0.05, 0.1) is 38.3 Å². The average molecular weight is 705 g/mol. The van der Waals surface area contributed by atoms with Crippen molar-refractivity contribution in [1.29, 1.82) is 0 Å². The van der Waals surface area contributed by atoms with Gasteiger partial charge in [0.15, 0.2) is 0 Å². The van der Waals surface area contributed by atoms with Crippen LogP contribution in [0, 0.1) is 0 Å². The monoisotopic (exact) mass is 704 g/mol. The molecule has 0 saturated heterocycles. The molecule has 0 bridgehead atoms. The zero-order chi connectivity index (χ0) is 31.2. The summed E-state index contributed by atoms with van der Waals surface area (Å²) in [6.07, 6.45) is 9.28. The van der Waals surface area contributed by atoms with E-state index in [4.69, 9.17) is 48.9 Å². The van der Waals surface area contributed by atoms with Gasteiger partial charge < -0.3 is 0 Å². The van der Waals surface area contributed by atoms with Crippen LogP contribution in [0.4, 0.5) is 0 Å². The van der Waals surface area contributed by atoms with Gasteiger partial charge in [-0.15, -0.1) is 34.0 Å². The quantitative estimate of drug-likeness (QED) is 0.132. The van der Waals surface area contributed by atoms with E-state index in [0.717, 1.165) is 52.9 Å². The Morgan fingerprint density at radius 1 is 0.489 bits per heavy atom. The van der Waals surface area contributed by atoms with E-state index in [9.17, 15) is 0 Å². The first-order chi connectivity index (χ1) is 21.5. The molecular formula is C38H24S7. The molecule has 0 N–H and O–H groups in total. The summed E-state index contributed by atoms with van der Waals surface area (Å²) in [4.78, 5) is 6.18. The van der Waals surface area contributed by atoms with Crippen molar-refractivity contribution in [3.63, 3.8) is 0 Å². The van der Waals surface area contributed by atoms with E-state index >= 15 is 0 Å². The number of thiophene rings is 3. The normalized spacial score (nSPS) is 18.9. The van der Waals surface area contributed by atoms with Gasteiger partial charge in [0, 0.05) is 54.0 Å². The highest BCUT2D eigenvalue weighted by Crippen LogP contribution is 2.59. The maximum Gasteiger partial charge on any atom is 0.0639 e.